The van der Waals surface area contributed by atoms with E-state index in [9.17, 15) is 19.5 Å². The van der Waals surface area contributed by atoms with Gasteiger partial charge in [0.15, 0.2) is 5.78 Å². The van der Waals surface area contributed by atoms with Crippen LogP contribution in [0.1, 0.15) is 38.5 Å². The fraction of sp³-hybridized carbons (Fsp3) is 0.467. The van der Waals surface area contributed by atoms with Gasteiger partial charge in [-0.15, -0.1) is 11.8 Å². The van der Waals surface area contributed by atoms with E-state index < -0.39 is 17.7 Å². The third-order valence-corrected chi connectivity index (χ3v) is 4.42. The van der Waals surface area contributed by atoms with Gasteiger partial charge in [0.25, 0.3) is 0 Å². The number of nitrogens with zero attached hydrogens (tertiary/aromatic N) is 1. The lowest BCUT2D eigenvalue weighted by Crippen LogP contribution is -2.36. The topological polar surface area (TPSA) is 109 Å². The highest BCUT2D eigenvalue weighted by molar-refractivity contribution is 8.16. The van der Waals surface area contributed by atoms with Crippen LogP contribution in [-0.4, -0.2) is 33.6 Å². The molecule has 2 heterocycles. The molecular formula is C15H18N2O5S. The first-order valence-corrected chi connectivity index (χ1v) is 8.25. The molecule has 0 saturated heterocycles. The van der Waals surface area contributed by atoms with Gasteiger partial charge in [-0.2, -0.15) is 0 Å². The minimum atomic E-state index is -0.677. The van der Waals surface area contributed by atoms with Crippen LogP contribution in [0.5, 0.6) is 5.75 Å². The Balaban J connectivity index is 2.15. The zero-order valence-electron chi connectivity index (χ0n) is 12.9. The molecule has 2 unspecified atom stereocenters. The summed E-state index contributed by atoms with van der Waals surface area (Å²) >= 11 is 1.25. The number of carbonyl (C=O) groups is 2. The van der Waals surface area contributed by atoms with Gasteiger partial charge in [-0.25, -0.2) is 4.79 Å². The molecule has 124 valence electrons. The molecule has 2 rings (SSSR count). The zero-order valence-corrected chi connectivity index (χ0v) is 13.7. The number of carbonyl (C=O) groups excluding carboxylic acids is 2. The van der Waals surface area contributed by atoms with E-state index in [-0.39, 0.29) is 23.2 Å². The third-order valence-electron chi connectivity index (χ3n) is 3.27. The Bertz CT molecular complexity index is 697. The molecule has 0 aliphatic carbocycles. The van der Waals surface area contributed by atoms with E-state index in [4.69, 9.17) is 4.42 Å². The van der Waals surface area contributed by atoms with E-state index in [2.05, 4.69) is 10.3 Å². The summed E-state index contributed by atoms with van der Waals surface area (Å²) in [6.07, 6.45) is 1.28. The van der Waals surface area contributed by atoms with Gasteiger partial charge < -0.3 is 14.8 Å². The highest BCUT2D eigenvalue weighted by atomic mass is 32.2. The lowest BCUT2D eigenvalue weighted by atomic mass is 10.1. The van der Waals surface area contributed by atoms with E-state index in [1.54, 1.807) is 0 Å². The molecule has 0 saturated carbocycles. The number of ketones is 1. The summed E-state index contributed by atoms with van der Waals surface area (Å²) in [6, 6.07) is 1.11. The fourth-order valence-corrected chi connectivity index (χ4v) is 3.14. The average molecular weight is 338 g/mol. The summed E-state index contributed by atoms with van der Waals surface area (Å²) < 4.78 is 5.07. The summed E-state index contributed by atoms with van der Waals surface area (Å²) in [7, 11) is 0. The van der Waals surface area contributed by atoms with Crippen molar-refractivity contribution in [3.05, 3.63) is 28.3 Å². The first kappa shape index (κ1) is 17.3. The average Bonchev–Trinajstić information content (AvgIpc) is 2.95. The molecule has 7 nitrogen and oxygen atoms in total. The summed E-state index contributed by atoms with van der Waals surface area (Å²) in [6.45, 7) is 3.34. The summed E-state index contributed by atoms with van der Waals surface area (Å²) in [4.78, 5) is 39.1. The molecule has 1 amide bonds. The largest absolute Gasteiger partial charge is 0.508 e. The smallest absolute Gasteiger partial charge is 0.339 e. The maximum Gasteiger partial charge on any atom is 0.339 e. The van der Waals surface area contributed by atoms with Crippen molar-refractivity contribution in [2.24, 2.45) is 4.99 Å². The SMILES string of the molecule is CCCC(NC(=O)C1CSC(C(C)=O)=N1)c1cc(O)cc(=O)o1. The molecule has 1 aliphatic rings. The van der Waals surface area contributed by atoms with Crippen molar-refractivity contribution in [1.29, 1.82) is 0 Å². The van der Waals surface area contributed by atoms with Crippen molar-refractivity contribution >= 4 is 28.5 Å². The molecule has 1 aromatic rings. The summed E-state index contributed by atoms with van der Waals surface area (Å²) in [5.74, 6) is -0.0945. The van der Waals surface area contributed by atoms with Crippen LogP contribution in [0.2, 0.25) is 0 Å². The number of aromatic hydroxyl groups is 1. The molecule has 2 N–H and O–H groups in total. The molecule has 2 atom stereocenters. The van der Waals surface area contributed by atoms with Crippen molar-refractivity contribution in [2.75, 3.05) is 5.75 Å². The molecule has 23 heavy (non-hydrogen) atoms. The molecular weight excluding hydrogens is 320 g/mol. The Morgan fingerprint density at radius 2 is 2.26 bits per heavy atom. The highest BCUT2D eigenvalue weighted by Gasteiger charge is 2.29. The molecule has 1 aliphatic heterocycles. The van der Waals surface area contributed by atoms with E-state index in [0.717, 1.165) is 12.5 Å². The van der Waals surface area contributed by atoms with E-state index >= 15 is 0 Å². The van der Waals surface area contributed by atoms with Gasteiger partial charge in [0.2, 0.25) is 5.91 Å². The number of rotatable bonds is 6. The van der Waals surface area contributed by atoms with Gasteiger partial charge in [0, 0.05) is 18.7 Å². The number of aliphatic imine (C=N–C) groups is 1. The van der Waals surface area contributed by atoms with Gasteiger partial charge >= 0.3 is 5.63 Å². The van der Waals surface area contributed by atoms with Gasteiger partial charge in [0.1, 0.15) is 22.6 Å². The molecule has 0 fully saturated rings. The first-order chi connectivity index (χ1) is 10.9. The van der Waals surface area contributed by atoms with Crippen molar-refractivity contribution in [3.63, 3.8) is 0 Å². The lowest BCUT2D eigenvalue weighted by molar-refractivity contribution is -0.122. The summed E-state index contributed by atoms with van der Waals surface area (Å²) in [5, 5.41) is 12.6. The minimum Gasteiger partial charge on any atom is -0.508 e. The normalized spacial score (nSPS) is 18.3. The predicted molar refractivity (Wildman–Crippen MR) is 86.8 cm³/mol. The van der Waals surface area contributed by atoms with Crippen molar-refractivity contribution in [3.8, 4) is 5.75 Å². The predicted octanol–water partition coefficient (Wildman–Crippen LogP) is 1.41. The van der Waals surface area contributed by atoms with Crippen LogP contribution in [0.25, 0.3) is 0 Å². The van der Waals surface area contributed by atoms with Crippen LogP contribution in [0, 0.1) is 0 Å². The first-order valence-electron chi connectivity index (χ1n) is 7.26. The quantitative estimate of drug-likeness (QED) is 0.811. The second kappa shape index (κ2) is 7.45. The standard InChI is InChI=1S/C15H18N2O5S/c1-3-4-10(12-5-9(19)6-13(20)22-12)16-14(21)11-7-23-15(17-11)8(2)18/h5-6,10-11,19H,3-4,7H2,1-2H3,(H,16,21). The monoisotopic (exact) mass is 338 g/mol. The van der Waals surface area contributed by atoms with Crippen LogP contribution in [-0.2, 0) is 9.59 Å². The second-order valence-corrected chi connectivity index (χ2v) is 6.21. The van der Waals surface area contributed by atoms with Crippen molar-refractivity contribution in [2.45, 2.75) is 38.8 Å². The molecule has 0 bridgehead atoms. The highest BCUT2D eigenvalue weighted by Crippen LogP contribution is 2.23. The number of Topliss-reactive ketones (excluding diaryl/α,β-unsaturated/α-hetero) is 1. The summed E-state index contributed by atoms with van der Waals surface area (Å²) in [5.41, 5.74) is -0.677. The second-order valence-electron chi connectivity index (χ2n) is 5.20. The van der Waals surface area contributed by atoms with E-state index in [0.29, 0.717) is 17.2 Å². The Kier molecular flexibility index (Phi) is 5.59. The van der Waals surface area contributed by atoms with Crippen LogP contribution in [0.15, 0.2) is 26.3 Å². The van der Waals surface area contributed by atoms with Crippen LogP contribution >= 0.6 is 11.8 Å². The number of hydrogen-bond donors (Lipinski definition) is 2. The number of nitrogens with one attached hydrogen (secondary N) is 1. The van der Waals surface area contributed by atoms with Crippen molar-refractivity contribution in [1.82, 2.24) is 5.32 Å². The number of thioether (sulfide) groups is 1. The van der Waals surface area contributed by atoms with Gasteiger partial charge in [-0.3, -0.25) is 14.6 Å². The number of amides is 1. The van der Waals surface area contributed by atoms with Crippen LogP contribution in [0.3, 0.4) is 0 Å². The zero-order chi connectivity index (χ0) is 17.0. The molecule has 0 radical (unpaired) electrons. The Hall–Kier alpha value is -2.09. The van der Waals surface area contributed by atoms with E-state index in [1.165, 1.54) is 24.8 Å². The lowest BCUT2D eigenvalue weighted by Gasteiger charge is -2.18. The fourth-order valence-electron chi connectivity index (χ4n) is 2.20. The minimum absolute atomic E-state index is 0.158. The van der Waals surface area contributed by atoms with Crippen LogP contribution in [0.4, 0.5) is 0 Å². The van der Waals surface area contributed by atoms with Gasteiger partial charge in [0.05, 0.1) is 12.1 Å². The van der Waals surface area contributed by atoms with Gasteiger partial charge in [-0.1, -0.05) is 13.3 Å². The molecule has 0 aromatic carbocycles. The molecule has 1 aromatic heterocycles. The maximum absolute atomic E-state index is 12.3. The van der Waals surface area contributed by atoms with E-state index in [1.807, 2.05) is 6.92 Å². The Morgan fingerprint density at radius 3 is 2.83 bits per heavy atom. The molecule has 0 spiro atoms. The molecule has 8 heteroatoms. The van der Waals surface area contributed by atoms with Crippen molar-refractivity contribution < 1.29 is 19.1 Å². The Labute approximate surface area is 137 Å². The third kappa shape index (κ3) is 4.44. The van der Waals surface area contributed by atoms with Crippen LogP contribution < -0.4 is 10.9 Å². The van der Waals surface area contributed by atoms with Gasteiger partial charge in [-0.05, 0) is 6.42 Å². The Morgan fingerprint density at radius 1 is 1.52 bits per heavy atom. The maximum atomic E-state index is 12.3. The number of hydrogen-bond acceptors (Lipinski definition) is 7.